The standard InChI is InChI=1S/C18H22ClN3O3.ClH/c19-15-3-4-16-13(9-15)8-14(11-25-16)18(24)22-7-1-2-12(10-22)17(23)21-6-5-20;/h3-4,8-9,12H,1-2,5-7,10-11,20H2,(H,21,23);1H. The number of carbonyl (C=O) groups is 2. The van der Waals surface area contributed by atoms with Crippen LogP contribution in [0.1, 0.15) is 18.4 Å². The first-order chi connectivity index (χ1) is 12.1. The minimum Gasteiger partial charge on any atom is -0.488 e. The zero-order valence-corrected chi connectivity index (χ0v) is 15.9. The van der Waals surface area contributed by atoms with Crippen molar-refractivity contribution >= 4 is 41.9 Å². The van der Waals surface area contributed by atoms with E-state index in [1.807, 2.05) is 6.08 Å². The Bertz CT molecular complexity index is 709. The van der Waals surface area contributed by atoms with Crippen LogP contribution in [0.5, 0.6) is 5.75 Å². The van der Waals surface area contributed by atoms with Crippen LogP contribution in [0.25, 0.3) is 6.08 Å². The number of hydrogen-bond acceptors (Lipinski definition) is 4. The molecule has 1 saturated heterocycles. The van der Waals surface area contributed by atoms with Crippen molar-refractivity contribution in [1.29, 1.82) is 0 Å². The molecule has 2 heterocycles. The number of nitrogens with zero attached hydrogens (tertiary/aromatic N) is 1. The second-order valence-corrected chi connectivity index (χ2v) is 6.75. The number of fused-ring (bicyclic) bond motifs is 1. The predicted octanol–water partition coefficient (Wildman–Crippen LogP) is 1.85. The van der Waals surface area contributed by atoms with E-state index in [9.17, 15) is 9.59 Å². The van der Waals surface area contributed by atoms with Gasteiger partial charge in [-0.2, -0.15) is 0 Å². The fourth-order valence-corrected chi connectivity index (χ4v) is 3.37. The van der Waals surface area contributed by atoms with Gasteiger partial charge in [-0.1, -0.05) is 11.6 Å². The van der Waals surface area contributed by atoms with Gasteiger partial charge in [0.05, 0.1) is 11.5 Å². The summed E-state index contributed by atoms with van der Waals surface area (Å²) in [5.74, 6) is 0.422. The van der Waals surface area contributed by atoms with Crippen LogP contribution >= 0.6 is 24.0 Å². The summed E-state index contributed by atoms with van der Waals surface area (Å²) < 4.78 is 5.66. The van der Waals surface area contributed by atoms with Crippen molar-refractivity contribution in [3.63, 3.8) is 0 Å². The summed E-state index contributed by atoms with van der Waals surface area (Å²) in [6.45, 7) is 2.18. The lowest BCUT2D eigenvalue weighted by Crippen LogP contribution is -2.47. The largest absolute Gasteiger partial charge is 0.488 e. The van der Waals surface area contributed by atoms with E-state index in [0.29, 0.717) is 36.8 Å². The molecule has 6 nitrogen and oxygen atoms in total. The first-order valence-electron chi connectivity index (χ1n) is 8.48. The Morgan fingerprint density at radius 2 is 2.19 bits per heavy atom. The van der Waals surface area contributed by atoms with Crippen LogP contribution < -0.4 is 15.8 Å². The molecule has 1 unspecified atom stereocenters. The highest BCUT2D eigenvalue weighted by Crippen LogP contribution is 2.30. The number of nitrogens with one attached hydrogen (secondary N) is 1. The maximum absolute atomic E-state index is 12.8. The van der Waals surface area contributed by atoms with Gasteiger partial charge in [0.15, 0.2) is 0 Å². The normalized spacial score (nSPS) is 18.8. The maximum atomic E-state index is 12.8. The van der Waals surface area contributed by atoms with Crippen LogP contribution in [0, 0.1) is 5.92 Å². The van der Waals surface area contributed by atoms with Crippen LogP contribution in [0.2, 0.25) is 5.02 Å². The molecule has 1 atom stereocenters. The van der Waals surface area contributed by atoms with Gasteiger partial charge in [-0.25, -0.2) is 0 Å². The van der Waals surface area contributed by atoms with Crippen molar-refractivity contribution in [2.24, 2.45) is 11.7 Å². The lowest BCUT2D eigenvalue weighted by atomic mass is 9.96. The zero-order valence-electron chi connectivity index (χ0n) is 14.4. The van der Waals surface area contributed by atoms with Crippen molar-refractivity contribution in [3.05, 3.63) is 34.4 Å². The highest BCUT2D eigenvalue weighted by atomic mass is 35.5. The smallest absolute Gasteiger partial charge is 0.253 e. The number of rotatable bonds is 4. The van der Waals surface area contributed by atoms with Crippen LogP contribution in [0.3, 0.4) is 0 Å². The van der Waals surface area contributed by atoms with Crippen molar-refractivity contribution < 1.29 is 14.3 Å². The van der Waals surface area contributed by atoms with E-state index in [1.54, 1.807) is 23.1 Å². The number of benzene rings is 1. The summed E-state index contributed by atoms with van der Waals surface area (Å²) in [5.41, 5.74) is 6.80. The number of nitrogens with two attached hydrogens (primary N) is 1. The van der Waals surface area contributed by atoms with E-state index >= 15 is 0 Å². The molecule has 26 heavy (non-hydrogen) atoms. The third-order valence-corrected chi connectivity index (χ3v) is 4.72. The van der Waals surface area contributed by atoms with Gasteiger partial charge in [0.1, 0.15) is 12.4 Å². The van der Waals surface area contributed by atoms with Crippen molar-refractivity contribution in [3.8, 4) is 5.75 Å². The molecular formula is C18H23Cl2N3O3. The zero-order chi connectivity index (χ0) is 17.8. The van der Waals surface area contributed by atoms with Crippen molar-refractivity contribution in [1.82, 2.24) is 10.2 Å². The molecule has 0 saturated carbocycles. The number of piperidine rings is 1. The number of halogens is 2. The Labute approximate surface area is 164 Å². The van der Waals surface area contributed by atoms with Crippen molar-refractivity contribution in [2.75, 3.05) is 32.8 Å². The topological polar surface area (TPSA) is 84.7 Å². The highest BCUT2D eigenvalue weighted by molar-refractivity contribution is 6.30. The summed E-state index contributed by atoms with van der Waals surface area (Å²) >= 11 is 6.01. The molecule has 0 radical (unpaired) electrons. The van der Waals surface area contributed by atoms with Gasteiger partial charge in [-0.15, -0.1) is 12.4 Å². The van der Waals surface area contributed by atoms with E-state index in [1.165, 1.54) is 0 Å². The van der Waals surface area contributed by atoms with Gasteiger partial charge < -0.3 is 20.7 Å². The van der Waals surface area contributed by atoms with Crippen molar-refractivity contribution in [2.45, 2.75) is 12.8 Å². The number of likely N-dealkylation sites (tertiary alicyclic amines) is 1. The van der Waals surface area contributed by atoms with Crippen LogP contribution in [-0.4, -0.2) is 49.5 Å². The second-order valence-electron chi connectivity index (χ2n) is 6.31. The highest BCUT2D eigenvalue weighted by Gasteiger charge is 2.30. The molecule has 0 spiro atoms. The van der Waals surface area contributed by atoms with E-state index < -0.39 is 0 Å². The average molecular weight is 400 g/mol. The van der Waals surface area contributed by atoms with E-state index in [0.717, 1.165) is 24.2 Å². The van der Waals surface area contributed by atoms with E-state index in [-0.39, 0.29) is 36.7 Å². The summed E-state index contributed by atoms with van der Waals surface area (Å²) in [6.07, 6.45) is 3.42. The second kappa shape index (κ2) is 9.26. The predicted molar refractivity (Wildman–Crippen MR) is 104 cm³/mol. The fourth-order valence-electron chi connectivity index (χ4n) is 3.19. The molecule has 0 aromatic heterocycles. The molecule has 2 amide bonds. The molecule has 8 heteroatoms. The summed E-state index contributed by atoms with van der Waals surface area (Å²) in [5, 5.41) is 3.40. The summed E-state index contributed by atoms with van der Waals surface area (Å²) in [4.78, 5) is 26.7. The van der Waals surface area contributed by atoms with Crippen LogP contribution in [-0.2, 0) is 9.59 Å². The molecule has 2 aliphatic rings. The van der Waals surface area contributed by atoms with E-state index in [2.05, 4.69) is 5.32 Å². The Morgan fingerprint density at radius 1 is 1.38 bits per heavy atom. The minimum absolute atomic E-state index is 0. The molecule has 3 N–H and O–H groups in total. The Hall–Kier alpha value is -1.76. The molecule has 142 valence electrons. The van der Waals surface area contributed by atoms with Crippen LogP contribution in [0.15, 0.2) is 23.8 Å². The lowest BCUT2D eigenvalue weighted by molar-refractivity contribution is -0.133. The number of amides is 2. The quantitative estimate of drug-likeness (QED) is 0.808. The number of carbonyl (C=O) groups excluding carboxylic acids is 2. The van der Waals surface area contributed by atoms with E-state index in [4.69, 9.17) is 22.1 Å². The Balaban J connectivity index is 0.00000243. The minimum atomic E-state index is -0.184. The molecule has 1 aromatic rings. The molecule has 1 aromatic carbocycles. The number of ether oxygens (including phenoxy) is 1. The van der Waals surface area contributed by atoms with Gasteiger partial charge in [0, 0.05) is 36.8 Å². The molecule has 0 bridgehead atoms. The first-order valence-corrected chi connectivity index (χ1v) is 8.86. The Morgan fingerprint density at radius 3 is 2.96 bits per heavy atom. The monoisotopic (exact) mass is 399 g/mol. The summed E-state index contributed by atoms with van der Waals surface area (Å²) in [6, 6.07) is 5.34. The first kappa shape index (κ1) is 20.6. The van der Waals surface area contributed by atoms with Gasteiger partial charge in [0.25, 0.3) is 5.91 Å². The van der Waals surface area contributed by atoms with Gasteiger partial charge in [-0.05, 0) is 37.1 Å². The molecule has 0 aliphatic carbocycles. The Kier molecular flexibility index (Phi) is 7.32. The van der Waals surface area contributed by atoms with Gasteiger partial charge in [0.2, 0.25) is 5.91 Å². The lowest BCUT2D eigenvalue weighted by Gasteiger charge is -2.33. The molecule has 2 aliphatic heterocycles. The molecular weight excluding hydrogens is 377 g/mol. The summed E-state index contributed by atoms with van der Waals surface area (Å²) in [7, 11) is 0. The number of hydrogen-bond donors (Lipinski definition) is 2. The molecule has 3 rings (SSSR count). The van der Waals surface area contributed by atoms with Gasteiger partial charge in [-0.3, -0.25) is 9.59 Å². The average Bonchev–Trinajstić information content (AvgIpc) is 2.65. The third-order valence-electron chi connectivity index (χ3n) is 4.48. The third kappa shape index (κ3) is 4.69. The van der Waals surface area contributed by atoms with Gasteiger partial charge >= 0.3 is 0 Å². The van der Waals surface area contributed by atoms with Crippen LogP contribution in [0.4, 0.5) is 0 Å². The molecule has 1 fully saturated rings. The SMILES string of the molecule is Cl.NCCNC(=O)C1CCCN(C(=O)C2=Cc3cc(Cl)ccc3OC2)C1. The fraction of sp³-hybridized carbons (Fsp3) is 0.444. The maximum Gasteiger partial charge on any atom is 0.253 e.